The molecule has 140 valence electrons. The van der Waals surface area contributed by atoms with Crippen LogP contribution in [0.4, 0.5) is 5.69 Å². The number of hydrogen-bond donors (Lipinski definition) is 0. The van der Waals surface area contributed by atoms with Crippen LogP contribution in [-0.4, -0.2) is 84.3 Å². The molecule has 2 aromatic rings. The van der Waals surface area contributed by atoms with Crippen LogP contribution in [0.2, 0.25) is 0 Å². The van der Waals surface area contributed by atoms with Gasteiger partial charge in [0.25, 0.3) is 0 Å². The first-order chi connectivity index (χ1) is 12.7. The van der Waals surface area contributed by atoms with E-state index in [2.05, 4.69) is 63.4 Å². The molecule has 0 saturated carbocycles. The molecule has 1 aromatic carbocycles. The molecule has 2 fully saturated rings. The number of para-hydroxylation sites is 1. The SMILES string of the molecule is CN(C)[C@@H]1CN(Cc2ccccc2N2CCOCC2)C[C@@H]1n1ccnn1. The van der Waals surface area contributed by atoms with E-state index in [-0.39, 0.29) is 0 Å². The van der Waals surface area contributed by atoms with Gasteiger partial charge in [-0.05, 0) is 25.7 Å². The molecule has 0 radical (unpaired) electrons. The highest BCUT2D eigenvalue weighted by Gasteiger charge is 2.36. The molecular formula is C19H28N6O. The minimum Gasteiger partial charge on any atom is -0.378 e. The Balaban J connectivity index is 1.51. The van der Waals surface area contributed by atoms with Gasteiger partial charge < -0.3 is 14.5 Å². The Labute approximate surface area is 155 Å². The average molecular weight is 356 g/mol. The van der Waals surface area contributed by atoms with E-state index < -0.39 is 0 Å². The normalized spacial score (nSPS) is 24.5. The molecule has 2 aliphatic rings. The summed E-state index contributed by atoms with van der Waals surface area (Å²) in [5.74, 6) is 0. The number of aromatic nitrogens is 3. The fraction of sp³-hybridized carbons (Fsp3) is 0.579. The zero-order valence-corrected chi connectivity index (χ0v) is 15.7. The van der Waals surface area contributed by atoms with Crippen molar-refractivity contribution in [2.45, 2.75) is 18.6 Å². The molecule has 4 rings (SSSR count). The number of hydrogen-bond acceptors (Lipinski definition) is 6. The van der Waals surface area contributed by atoms with Crippen LogP contribution in [0, 0.1) is 0 Å². The predicted molar refractivity (Wildman–Crippen MR) is 101 cm³/mol. The summed E-state index contributed by atoms with van der Waals surface area (Å²) in [7, 11) is 4.31. The van der Waals surface area contributed by atoms with E-state index in [1.165, 1.54) is 11.3 Å². The summed E-state index contributed by atoms with van der Waals surface area (Å²) in [5, 5.41) is 8.26. The van der Waals surface area contributed by atoms with Crippen LogP contribution >= 0.6 is 0 Å². The van der Waals surface area contributed by atoms with E-state index in [1.54, 1.807) is 6.20 Å². The number of nitrogens with zero attached hydrogens (tertiary/aromatic N) is 6. The zero-order chi connectivity index (χ0) is 17.9. The zero-order valence-electron chi connectivity index (χ0n) is 15.7. The van der Waals surface area contributed by atoms with Gasteiger partial charge in [-0.15, -0.1) is 5.10 Å². The molecule has 0 bridgehead atoms. The molecule has 0 amide bonds. The fourth-order valence-corrected chi connectivity index (χ4v) is 4.14. The van der Waals surface area contributed by atoms with Crippen molar-refractivity contribution < 1.29 is 4.74 Å². The smallest absolute Gasteiger partial charge is 0.0831 e. The number of ether oxygens (including phenoxy) is 1. The van der Waals surface area contributed by atoms with Gasteiger partial charge in [-0.1, -0.05) is 23.4 Å². The number of morpholine rings is 1. The van der Waals surface area contributed by atoms with Crippen molar-refractivity contribution in [3.63, 3.8) is 0 Å². The van der Waals surface area contributed by atoms with E-state index in [0.29, 0.717) is 12.1 Å². The molecule has 1 aromatic heterocycles. The van der Waals surface area contributed by atoms with E-state index in [9.17, 15) is 0 Å². The van der Waals surface area contributed by atoms with E-state index >= 15 is 0 Å². The van der Waals surface area contributed by atoms with Crippen LogP contribution in [-0.2, 0) is 11.3 Å². The largest absolute Gasteiger partial charge is 0.378 e. The maximum Gasteiger partial charge on any atom is 0.0831 e. The number of rotatable bonds is 5. The quantitative estimate of drug-likeness (QED) is 0.800. The summed E-state index contributed by atoms with van der Waals surface area (Å²) in [6, 6.07) is 9.57. The first kappa shape index (κ1) is 17.5. The summed E-state index contributed by atoms with van der Waals surface area (Å²) in [6.07, 6.45) is 3.75. The molecule has 2 aliphatic heterocycles. The lowest BCUT2D eigenvalue weighted by Gasteiger charge is -2.31. The summed E-state index contributed by atoms with van der Waals surface area (Å²) in [6.45, 7) is 6.56. The number of likely N-dealkylation sites (tertiary alicyclic amines) is 1. The Morgan fingerprint density at radius 3 is 2.69 bits per heavy atom. The number of anilines is 1. The van der Waals surface area contributed by atoms with Crippen molar-refractivity contribution in [3.8, 4) is 0 Å². The summed E-state index contributed by atoms with van der Waals surface area (Å²) in [5.41, 5.74) is 2.74. The second-order valence-corrected chi connectivity index (χ2v) is 7.40. The standard InChI is InChI=1S/C19H28N6O/c1-22(2)18-14-23(15-19(18)25-8-7-20-21-25)13-16-5-3-4-6-17(16)24-9-11-26-12-10-24/h3-8,18-19H,9-15H2,1-2H3/t18-,19+/m1/s1. The van der Waals surface area contributed by atoms with Gasteiger partial charge in [0.1, 0.15) is 0 Å². The number of likely N-dealkylation sites (N-methyl/N-ethyl adjacent to an activating group) is 1. The first-order valence-electron chi connectivity index (χ1n) is 9.37. The molecule has 7 heteroatoms. The minimum absolute atomic E-state index is 0.336. The second kappa shape index (κ2) is 7.73. The van der Waals surface area contributed by atoms with E-state index in [4.69, 9.17) is 4.74 Å². The van der Waals surface area contributed by atoms with Crippen LogP contribution in [0.1, 0.15) is 11.6 Å². The lowest BCUT2D eigenvalue weighted by atomic mass is 10.1. The Morgan fingerprint density at radius 1 is 1.15 bits per heavy atom. The van der Waals surface area contributed by atoms with Crippen LogP contribution in [0.15, 0.2) is 36.7 Å². The maximum absolute atomic E-state index is 5.52. The summed E-state index contributed by atoms with van der Waals surface area (Å²) in [4.78, 5) is 7.30. The molecule has 7 nitrogen and oxygen atoms in total. The van der Waals surface area contributed by atoms with E-state index in [0.717, 1.165) is 45.9 Å². The van der Waals surface area contributed by atoms with Crippen molar-refractivity contribution >= 4 is 5.69 Å². The Morgan fingerprint density at radius 2 is 1.96 bits per heavy atom. The lowest BCUT2D eigenvalue weighted by Crippen LogP contribution is -2.37. The molecule has 26 heavy (non-hydrogen) atoms. The molecule has 0 unspecified atom stereocenters. The van der Waals surface area contributed by atoms with Gasteiger partial charge in [0, 0.05) is 50.6 Å². The van der Waals surface area contributed by atoms with Gasteiger partial charge in [0.2, 0.25) is 0 Å². The highest BCUT2D eigenvalue weighted by molar-refractivity contribution is 5.54. The van der Waals surface area contributed by atoms with Crippen molar-refractivity contribution in [2.24, 2.45) is 0 Å². The Kier molecular flexibility index (Phi) is 5.19. The van der Waals surface area contributed by atoms with E-state index in [1.807, 2.05) is 10.9 Å². The topological polar surface area (TPSA) is 49.7 Å². The monoisotopic (exact) mass is 356 g/mol. The van der Waals surface area contributed by atoms with Crippen LogP contribution in [0.3, 0.4) is 0 Å². The minimum atomic E-state index is 0.336. The Hall–Kier alpha value is -1.96. The maximum atomic E-state index is 5.52. The van der Waals surface area contributed by atoms with Crippen molar-refractivity contribution in [1.82, 2.24) is 24.8 Å². The van der Waals surface area contributed by atoms with Crippen LogP contribution < -0.4 is 4.90 Å². The molecule has 2 saturated heterocycles. The molecule has 3 heterocycles. The highest BCUT2D eigenvalue weighted by atomic mass is 16.5. The predicted octanol–water partition coefficient (Wildman–Crippen LogP) is 1.10. The van der Waals surface area contributed by atoms with Crippen LogP contribution in [0.25, 0.3) is 0 Å². The third-order valence-electron chi connectivity index (χ3n) is 5.52. The van der Waals surface area contributed by atoms with Gasteiger partial charge in [0.15, 0.2) is 0 Å². The van der Waals surface area contributed by atoms with Crippen molar-refractivity contribution in [3.05, 3.63) is 42.2 Å². The fourth-order valence-electron chi connectivity index (χ4n) is 4.14. The van der Waals surface area contributed by atoms with Crippen molar-refractivity contribution in [2.75, 3.05) is 58.4 Å². The van der Waals surface area contributed by atoms with Crippen molar-refractivity contribution in [1.29, 1.82) is 0 Å². The Bertz CT molecular complexity index is 698. The lowest BCUT2D eigenvalue weighted by molar-refractivity contribution is 0.122. The summed E-state index contributed by atoms with van der Waals surface area (Å²) < 4.78 is 7.53. The summed E-state index contributed by atoms with van der Waals surface area (Å²) >= 11 is 0. The van der Waals surface area contributed by atoms with Gasteiger partial charge in [0.05, 0.1) is 25.5 Å². The average Bonchev–Trinajstić information content (AvgIpc) is 3.32. The number of benzene rings is 1. The molecule has 2 atom stereocenters. The highest BCUT2D eigenvalue weighted by Crippen LogP contribution is 2.29. The molecule has 0 aliphatic carbocycles. The third-order valence-corrected chi connectivity index (χ3v) is 5.52. The molecule has 0 spiro atoms. The van der Waals surface area contributed by atoms with Gasteiger partial charge in [-0.2, -0.15) is 0 Å². The van der Waals surface area contributed by atoms with Gasteiger partial charge in [-0.3, -0.25) is 4.90 Å². The first-order valence-corrected chi connectivity index (χ1v) is 9.37. The van der Waals surface area contributed by atoms with Crippen LogP contribution in [0.5, 0.6) is 0 Å². The second-order valence-electron chi connectivity index (χ2n) is 7.40. The van der Waals surface area contributed by atoms with Gasteiger partial charge >= 0.3 is 0 Å². The molecular weight excluding hydrogens is 328 g/mol. The third kappa shape index (κ3) is 3.60. The molecule has 0 N–H and O–H groups in total. The van der Waals surface area contributed by atoms with Gasteiger partial charge in [-0.25, -0.2) is 4.68 Å².